The predicted octanol–water partition coefficient (Wildman–Crippen LogP) is 1.80. The summed E-state index contributed by atoms with van der Waals surface area (Å²) in [5, 5.41) is 7.59. The Labute approximate surface area is 218 Å². The van der Waals surface area contributed by atoms with E-state index >= 15 is 0 Å². The Hall–Kier alpha value is -3.63. The summed E-state index contributed by atoms with van der Waals surface area (Å²) in [7, 11) is 1.22. The molecule has 0 fully saturated rings. The van der Waals surface area contributed by atoms with Crippen molar-refractivity contribution in [2.45, 2.75) is 84.6 Å². The normalized spacial score (nSPS) is 13.0. The second-order valence-electron chi connectivity index (χ2n) is 10.5. The molecule has 0 aliphatic carbocycles. The van der Waals surface area contributed by atoms with Crippen molar-refractivity contribution in [3.8, 4) is 0 Å². The fraction of sp³-hybridized carbons (Fsp3) is 0.577. The van der Waals surface area contributed by atoms with Gasteiger partial charge in [-0.15, -0.1) is 0 Å². The van der Waals surface area contributed by atoms with Crippen LogP contribution in [-0.2, 0) is 46.2 Å². The Morgan fingerprint density at radius 3 is 1.86 bits per heavy atom. The maximum absolute atomic E-state index is 12.7. The molecule has 1 rings (SSSR count). The zero-order chi connectivity index (χ0) is 28.4. The minimum atomic E-state index is -1.00. The first-order valence-electron chi connectivity index (χ1n) is 11.9. The molecular formula is C26H39N3O8. The maximum Gasteiger partial charge on any atom is 0.408 e. The number of hydrogen-bond donors (Lipinski definition) is 3. The molecular weight excluding hydrogens is 482 g/mol. The number of rotatable bonds is 10. The first-order chi connectivity index (χ1) is 17.0. The lowest BCUT2D eigenvalue weighted by Crippen LogP contribution is -2.49. The van der Waals surface area contributed by atoms with Crippen molar-refractivity contribution in [1.82, 2.24) is 16.0 Å². The molecule has 3 amide bonds. The van der Waals surface area contributed by atoms with Gasteiger partial charge >= 0.3 is 18.0 Å². The van der Waals surface area contributed by atoms with Crippen molar-refractivity contribution in [2.75, 3.05) is 13.7 Å². The van der Waals surface area contributed by atoms with Crippen molar-refractivity contribution in [2.24, 2.45) is 0 Å². The second-order valence-corrected chi connectivity index (χ2v) is 10.5. The van der Waals surface area contributed by atoms with Crippen LogP contribution in [0.1, 0.15) is 59.6 Å². The Bertz CT molecular complexity index is 979. The lowest BCUT2D eigenvalue weighted by Gasteiger charge is -2.23. The summed E-state index contributed by atoms with van der Waals surface area (Å²) < 4.78 is 15.2. The summed E-state index contributed by atoms with van der Waals surface area (Å²) >= 11 is 0. The molecule has 0 aliphatic rings. The largest absolute Gasteiger partial charge is 0.467 e. The van der Waals surface area contributed by atoms with Crippen molar-refractivity contribution in [3.63, 3.8) is 0 Å². The van der Waals surface area contributed by atoms with E-state index < -0.39 is 53.1 Å². The summed E-state index contributed by atoms with van der Waals surface area (Å²) in [6.07, 6.45) is -0.530. The van der Waals surface area contributed by atoms with Gasteiger partial charge in [-0.25, -0.2) is 9.59 Å². The molecule has 1 aromatic rings. The molecule has 3 N–H and O–H groups in total. The second kappa shape index (κ2) is 13.6. The lowest BCUT2D eigenvalue weighted by atomic mass is 9.99. The van der Waals surface area contributed by atoms with Crippen LogP contribution in [0.2, 0.25) is 0 Å². The highest BCUT2D eigenvalue weighted by atomic mass is 16.6. The third-order valence-corrected chi connectivity index (χ3v) is 4.57. The standard InChI is InChI=1S/C26H39N3O8/c1-16(30)28-19(22(32)27-15-21(31)36-25(2,3)4)13-17-10-9-11-18(12-17)14-20(23(33)35-8)29-24(34)37-26(5,6)7/h9-12,19-20H,13-15H2,1-8H3,(H,27,32)(H,28,30)(H,29,34)/t19-,20-/m0/s1. The number of benzene rings is 1. The van der Waals surface area contributed by atoms with Gasteiger partial charge in [0.25, 0.3) is 0 Å². The van der Waals surface area contributed by atoms with Crippen LogP contribution >= 0.6 is 0 Å². The number of esters is 2. The van der Waals surface area contributed by atoms with Crippen molar-refractivity contribution >= 4 is 29.8 Å². The van der Waals surface area contributed by atoms with E-state index in [1.54, 1.807) is 65.8 Å². The van der Waals surface area contributed by atoms with E-state index in [1.807, 2.05) is 0 Å². The third-order valence-electron chi connectivity index (χ3n) is 4.57. The van der Waals surface area contributed by atoms with Crippen LogP contribution < -0.4 is 16.0 Å². The highest BCUT2D eigenvalue weighted by molar-refractivity contribution is 5.89. The summed E-state index contributed by atoms with van der Waals surface area (Å²) in [5.74, 6) is -2.21. The summed E-state index contributed by atoms with van der Waals surface area (Å²) in [6.45, 7) is 11.2. The molecule has 2 atom stereocenters. The molecule has 37 heavy (non-hydrogen) atoms. The number of hydrogen-bond acceptors (Lipinski definition) is 8. The fourth-order valence-corrected chi connectivity index (χ4v) is 3.26. The van der Waals surface area contributed by atoms with Gasteiger partial charge in [0.1, 0.15) is 29.8 Å². The van der Waals surface area contributed by atoms with Gasteiger partial charge in [-0.05, 0) is 52.7 Å². The fourth-order valence-electron chi connectivity index (χ4n) is 3.26. The van der Waals surface area contributed by atoms with Gasteiger partial charge in [-0.3, -0.25) is 14.4 Å². The van der Waals surface area contributed by atoms with Crippen LogP contribution in [0, 0.1) is 0 Å². The maximum atomic E-state index is 12.7. The molecule has 0 saturated heterocycles. The summed E-state index contributed by atoms with van der Waals surface area (Å²) in [6, 6.07) is 5.04. The summed E-state index contributed by atoms with van der Waals surface area (Å²) in [4.78, 5) is 60.9. The Morgan fingerprint density at radius 2 is 1.38 bits per heavy atom. The van der Waals surface area contributed by atoms with Gasteiger partial charge in [0, 0.05) is 19.8 Å². The molecule has 206 valence electrons. The van der Waals surface area contributed by atoms with E-state index in [1.165, 1.54) is 14.0 Å². The molecule has 11 heteroatoms. The van der Waals surface area contributed by atoms with Gasteiger partial charge < -0.3 is 30.2 Å². The number of methoxy groups -OCH3 is 1. The van der Waals surface area contributed by atoms with E-state index in [0.717, 1.165) is 0 Å². The Morgan fingerprint density at radius 1 is 0.838 bits per heavy atom. The molecule has 0 aromatic heterocycles. The average Bonchev–Trinajstić information content (AvgIpc) is 2.73. The lowest BCUT2D eigenvalue weighted by molar-refractivity contribution is -0.154. The molecule has 0 spiro atoms. The topological polar surface area (TPSA) is 149 Å². The molecule has 0 heterocycles. The van der Waals surface area contributed by atoms with Gasteiger partial charge in [-0.2, -0.15) is 0 Å². The van der Waals surface area contributed by atoms with Crippen LogP contribution in [0.15, 0.2) is 24.3 Å². The molecule has 0 bridgehead atoms. The molecule has 0 unspecified atom stereocenters. The zero-order valence-electron chi connectivity index (χ0n) is 22.9. The number of nitrogens with one attached hydrogen (secondary N) is 3. The molecule has 0 radical (unpaired) electrons. The van der Waals surface area contributed by atoms with Gasteiger partial charge in [0.2, 0.25) is 11.8 Å². The highest BCUT2D eigenvalue weighted by Gasteiger charge is 2.26. The third kappa shape index (κ3) is 13.3. The zero-order valence-corrected chi connectivity index (χ0v) is 22.9. The Balaban J connectivity index is 2.96. The first-order valence-corrected chi connectivity index (χ1v) is 11.9. The minimum absolute atomic E-state index is 0.107. The van der Waals surface area contributed by atoms with Crippen LogP contribution in [0.3, 0.4) is 0 Å². The number of carbonyl (C=O) groups is 5. The van der Waals surface area contributed by atoms with E-state index in [9.17, 15) is 24.0 Å². The van der Waals surface area contributed by atoms with E-state index in [4.69, 9.17) is 14.2 Å². The van der Waals surface area contributed by atoms with Gasteiger partial charge in [0.15, 0.2) is 0 Å². The van der Waals surface area contributed by atoms with E-state index in [-0.39, 0.29) is 19.4 Å². The highest BCUT2D eigenvalue weighted by Crippen LogP contribution is 2.13. The molecule has 0 saturated carbocycles. The van der Waals surface area contributed by atoms with Crippen molar-refractivity contribution < 1.29 is 38.2 Å². The summed E-state index contributed by atoms with van der Waals surface area (Å²) in [5.41, 5.74) is -0.0723. The predicted molar refractivity (Wildman–Crippen MR) is 135 cm³/mol. The first kappa shape index (κ1) is 31.4. The molecule has 0 aliphatic heterocycles. The smallest absolute Gasteiger partial charge is 0.408 e. The number of amides is 3. The molecule has 11 nitrogen and oxygen atoms in total. The molecule has 1 aromatic carbocycles. The van der Waals surface area contributed by atoms with Gasteiger partial charge in [0.05, 0.1) is 7.11 Å². The monoisotopic (exact) mass is 521 g/mol. The van der Waals surface area contributed by atoms with Crippen LogP contribution in [-0.4, -0.2) is 66.8 Å². The SMILES string of the molecule is COC(=O)[C@H](Cc1cccc(C[C@H](NC(C)=O)C(=O)NCC(=O)OC(C)(C)C)c1)NC(=O)OC(C)(C)C. The van der Waals surface area contributed by atoms with E-state index in [0.29, 0.717) is 11.1 Å². The average molecular weight is 522 g/mol. The minimum Gasteiger partial charge on any atom is -0.467 e. The quantitative estimate of drug-likeness (QED) is 0.312. The van der Waals surface area contributed by atoms with Crippen LogP contribution in [0.25, 0.3) is 0 Å². The van der Waals surface area contributed by atoms with Crippen molar-refractivity contribution in [3.05, 3.63) is 35.4 Å². The van der Waals surface area contributed by atoms with Crippen LogP contribution in [0.5, 0.6) is 0 Å². The van der Waals surface area contributed by atoms with Gasteiger partial charge in [-0.1, -0.05) is 24.3 Å². The van der Waals surface area contributed by atoms with Crippen molar-refractivity contribution in [1.29, 1.82) is 0 Å². The number of ether oxygens (including phenoxy) is 3. The van der Waals surface area contributed by atoms with E-state index in [2.05, 4.69) is 16.0 Å². The number of alkyl carbamates (subject to hydrolysis) is 1. The number of carbonyl (C=O) groups excluding carboxylic acids is 5. The van der Waals surface area contributed by atoms with Crippen LogP contribution in [0.4, 0.5) is 4.79 Å². The Kier molecular flexibility index (Phi) is 11.6.